The summed E-state index contributed by atoms with van der Waals surface area (Å²) in [6, 6.07) is -1.92. The molecule has 0 saturated carbocycles. The molecule has 4 aliphatic heterocycles. The van der Waals surface area contributed by atoms with E-state index in [0.29, 0.717) is 18.9 Å². The second-order valence-corrected chi connectivity index (χ2v) is 16.6. The Hall–Kier alpha value is -5.23. The topological polar surface area (TPSA) is 195 Å². The van der Waals surface area contributed by atoms with Crippen molar-refractivity contribution in [3.05, 3.63) is 70.0 Å². The van der Waals surface area contributed by atoms with Gasteiger partial charge in [0.15, 0.2) is 0 Å². The Bertz CT molecular complexity index is 2020. The first-order chi connectivity index (χ1) is 28.4. The first kappa shape index (κ1) is 44.3. The van der Waals surface area contributed by atoms with E-state index in [-0.39, 0.29) is 61.0 Å². The van der Waals surface area contributed by atoms with Crippen LogP contribution in [0.1, 0.15) is 64.0 Å². The lowest BCUT2D eigenvalue weighted by Crippen LogP contribution is -2.63. The molecule has 0 bridgehead atoms. The van der Waals surface area contributed by atoms with Gasteiger partial charge >= 0.3 is 5.97 Å². The lowest BCUT2D eigenvalue weighted by atomic mass is 9.98. The molecule has 6 rings (SSSR count). The van der Waals surface area contributed by atoms with Crippen LogP contribution in [0, 0.1) is 23.4 Å². The maximum absolute atomic E-state index is 14.7. The predicted octanol–water partition coefficient (Wildman–Crippen LogP) is 1.54. The minimum atomic E-state index is -1.80. The fourth-order valence-electron chi connectivity index (χ4n) is 8.48. The molecule has 2 aromatic rings. The van der Waals surface area contributed by atoms with Gasteiger partial charge in [-0.25, -0.2) is 18.0 Å². The summed E-state index contributed by atoms with van der Waals surface area (Å²) in [5.41, 5.74) is -0.154. The van der Waals surface area contributed by atoms with Gasteiger partial charge in [0.05, 0.1) is 12.5 Å². The number of aliphatic hydroxyl groups is 1. The van der Waals surface area contributed by atoms with Crippen LogP contribution in [0.5, 0.6) is 0 Å². The van der Waals surface area contributed by atoms with Crippen molar-refractivity contribution >= 4 is 53.0 Å². The number of rotatable bonds is 7. The van der Waals surface area contributed by atoms with E-state index in [2.05, 4.69) is 16.0 Å². The molecule has 15 nitrogen and oxygen atoms in total. The average Bonchev–Trinajstić information content (AvgIpc) is 3.78. The average molecular weight is 861 g/mol. The Morgan fingerprint density at radius 3 is 2.28 bits per heavy atom. The Morgan fingerprint density at radius 1 is 0.883 bits per heavy atom. The third kappa shape index (κ3) is 10.0. The van der Waals surface area contributed by atoms with E-state index in [1.165, 1.54) is 35.8 Å². The number of nitrogens with one attached hydrogen (secondary N) is 3. The number of piperidine rings is 1. The van der Waals surface area contributed by atoms with Crippen LogP contribution >= 0.6 is 11.6 Å². The highest BCUT2D eigenvalue weighted by Gasteiger charge is 2.49. The van der Waals surface area contributed by atoms with E-state index >= 15 is 0 Å². The van der Waals surface area contributed by atoms with Gasteiger partial charge in [-0.3, -0.25) is 28.8 Å². The van der Waals surface area contributed by atoms with Crippen molar-refractivity contribution in [1.29, 1.82) is 0 Å². The maximum Gasteiger partial charge on any atom is 0.329 e. The van der Waals surface area contributed by atoms with Crippen molar-refractivity contribution in [2.75, 3.05) is 19.6 Å². The van der Waals surface area contributed by atoms with E-state index in [4.69, 9.17) is 16.3 Å². The van der Waals surface area contributed by atoms with Crippen LogP contribution in [-0.2, 0) is 51.1 Å². The number of hydrogen-bond donors (Lipinski definition) is 4. The SMILES string of the molecule is C[C@@H]1C[C@H]2C(=O)O[C@@H](C)[C@H](NC(=O)[C@H](Cc3cc(F)cc(F)c3)NC(=O)Cc3ccc(Cl)cc3F)C(=O)N3C[C@H](O)C[C@H]3C(=O)N3CCCCC3C(=O)N[C@@H](C)C(=O)N2C1. The molecule has 324 valence electrons. The Morgan fingerprint density at radius 2 is 1.58 bits per heavy atom. The number of cyclic esters (lactones) is 1. The summed E-state index contributed by atoms with van der Waals surface area (Å²) < 4.78 is 49.2. The number of aliphatic hydroxyl groups excluding tert-OH is 1. The van der Waals surface area contributed by atoms with Crippen molar-refractivity contribution in [3.63, 3.8) is 0 Å². The van der Waals surface area contributed by atoms with E-state index in [0.717, 1.165) is 23.1 Å². The molecule has 0 radical (unpaired) electrons. The number of carbonyl (C=O) groups excluding carboxylic acids is 7. The minimum Gasteiger partial charge on any atom is -0.458 e. The monoisotopic (exact) mass is 860 g/mol. The van der Waals surface area contributed by atoms with Crippen LogP contribution in [0.15, 0.2) is 36.4 Å². The van der Waals surface area contributed by atoms with E-state index in [1.54, 1.807) is 0 Å². The molecule has 6 amide bonds. The van der Waals surface area contributed by atoms with Gasteiger partial charge in [0.25, 0.3) is 0 Å². The number of carbonyl (C=O) groups is 7. The highest BCUT2D eigenvalue weighted by atomic mass is 35.5. The number of esters is 1. The zero-order valence-electron chi connectivity index (χ0n) is 33.3. The number of hydrogen-bond acceptors (Lipinski definition) is 9. The van der Waals surface area contributed by atoms with Crippen LogP contribution in [0.3, 0.4) is 0 Å². The molecule has 60 heavy (non-hydrogen) atoms. The zero-order chi connectivity index (χ0) is 43.6. The minimum absolute atomic E-state index is 0.0720. The molecule has 2 aromatic carbocycles. The van der Waals surface area contributed by atoms with Gasteiger partial charge in [-0.2, -0.15) is 0 Å². The van der Waals surface area contributed by atoms with Gasteiger partial charge in [0.2, 0.25) is 35.4 Å². The fourth-order valence-corrected chi connectivity index (χ4v) is 8.64. The second-order valence-electron chi connectivity index (χ2n) is 16.2. The first-order valence-corrected chi connectivity index (χ1v) is 20.4. The zero-order valence-corrected chi connectivity index (χ0v) is 34.1. The highest BCUT2D eigenvalue weighted by Crippen LogP contribution is 2.29. The maximum atomic E-state index is 14.7. The van der Waals surface area contributed by atoms with Crippen LogP contribution in [0.4, 0.5) is 13.2 Å². The summed E-state index contributed by atoms with van der Waals surface area (Å²) >= 11 is 5.85. The third-order valence-corrected chi connectivity index (χ3v) is 11.7. The van der Waals surface area contributed by atoms with E-state index in [1.807, 2.05) is 6.92 Å². The summed E-state index contributed by atoms with van der Waals surface area (Å²) in [4.78, 5) is 102. The molecule has 4 fully saturated rings. The lowest BCUT2D eigenvalue weighted by molar-refractivity contribution is -0.163. The third-order valence-electron chi connectivity index (χ3n) is 11.4. The van der Waals surface area contributed by atoms with Gasteiger partial charge in [0.1, 0.15) is 59.8 Å². The van der Waals surface area contributed by atoms with Crippen LogP contribution in [-0.4, -0.2) is 129 Å². The summed E-state index contributed by atoms with van der Waals surface area (Å²) in [7, 11) is 0. The summed E-state index contributed by atoms with van der Waals surface area (Å²) in [5, 5.41) is 18.6. The number of amides is 6. The standard InChI is InChI=1S/C41H48ClF3N6O9/c1-20-10-33-41(59)60-22(3)35(48-36(54)30(13-23-11-26(43)16-27(44)12-23)47-34(53)14-24-7-8-25(42)15-29(24)45)40(58)51-19-28(52)17-32(51)39(57)49-9-5-4-6-31(49)37(55)46-21(2)38(56)50(33)18-20/h7-8,11-12,15-16,20-22,28,30-33,35,52H,4-6,9-10,13-14,17-19H2,1-3H3,(H,46,55)(H,47,53)(H,48,54)/t20-,21+,22+,28-,30+,31?,32+,33+,35+/m1/s1. The van der Waals surface area contributed by atoms with Crippen molar-refractivity contribution in [2.24, 2.45) is 5.92 Å². The molecule has 4 N–H and O–H groups in total. The predicted molar refractivity (Wildman–Crippen MR) is 207 cm³/mol. The largest absolute Gasteiger partial charge is 0.458 e. The van der Waals surface area contributed by atoms with Gasteiger partial charge in [-0.1, -0.05) is 24.6 Å². The molecule has 4 aliphatic rings. The molecule has 4 heterocycles. The molecule has 0 aromatic heterocycles. The summed E-state index contributed by atoms with van der Waals surface area (Å²) in [6.45, 7) is 4.53. The number of fused-ring (bicyclic) bond motifs is 3. The smallest absolute Gasteiger partial charge is 0.329 e. The summed E-state index contributed by atoms with van der Waals surface area (Å²) in [5.74, 6) is -8.61. The first-order valence-electron chi connectivity index (χ1n) is 20.0. The number of nitrogens with zero attached hydrogens (tertiary/aromatic N) is 3. The van der Waals surface area contributed by atoms with Crippen molar-refractivity contribution in [3.8, 4) is 0 Å². The lowest BCUT2D eigenvalue weighted by Gasteiger charge is -2.39. The van der Waals surface area contributed by atoms with Gasteiger partial charge in [0, 0.05) is 43.6 Å². The Balaban J connectivity index is 1.36. The molecular formula is C41H48ClF3N6O9. The second kappa shape index (κ2) is 18.6. The van der Waals surface area contributed by atoms with Crippen LogP contribution in [0.2, 0.25) is 5.02 Å². The Kier molecular flexibility index (Phi) is 13.7. The van der Waals surface area contributed by atoms with E-state index in [9.17, 15) is 51.8 Å². The molecule has 9 atom stereocenters. The van der Waals surface area contributed by atoms with Crippen LogP contribution in [0.25, 0.3) is 0 Å². The highest BCUT2D eigenvalue weighted by molar-refractivity contribution is 6.30. The normalized spacial score (nSPS) is 28.3. The van der Waals surface area contributed by atoms with Gasteiger partial charge in [-0.15, -0.1) is 0 Å². The quantitative estimate of drug-likeness (QED) is 0.299. The molecule has 0 spiro atoms. The fraction of sp³-hybridized carbons (Fsp3) is 0.537. The molecule has 0 aliphatic carbocycles. The number of benzene rings is 2. The molecule has 4 saturated heterocycles. The summed E-state index contributed by atoms with van der Waals surface area (Å²) in [6.07, 6.45) is -2.46. The van der Waals surface area contributed by atoms with Crippen molar-refractivity contribution < 1.29 is 56.6 Å². The van der Waals surface area contributed by atoms with Gasteiger partial charge in [-0.05, 0) is 80.8 Å². The van der Waals surface area contributed by atoms with Crippen molar-refractivity contribution in [2.45, 2.75) is 114 Å². The number of ether oxygens (including phenoxy) is 1. The van der Waals surface area contributed by atoms with Crippen LogP contribution < -0.4 is 16.0 Å². The molecular weight excluding hydrogens is 813 g/mol. The van der Waals surface area contributed by atoms with E-state index < -0.39 is 120 Å². The Labute approximate surface area is 349 Å². The number of halogens is 4. The van der Waals surface area contributed by atoms with Gasteiger partial charge < -0.3 is 40.5 Å². The van der Waals surface area contributed by atoms with Crippen molar-refractivity contribution in [1.82, 2.24) is 30.7 Å². The molecule has 1 unspecified atom stereocenters. The molecule has 19 heteroatoms.